The van der Waals surface area contributed by atoms with E-state index in [2.05, 4.69) is 31.8 Å². The van der Waals surface area contributed by atoms with E-state index in [1.807, 2.05) is 0 Å². The number of thiophene rings is 1. The lowest BCUT2D eigenvalue weighted by atomic mass is 10.1. The van der Waals surface area contributed by atoms with E-state index in [0.717, 1.165) is 9.17 Å². The third-order valence-electron chi connectivity index (χ3n) is 6.14. The first kappa shape index (κ1) is 31.2. The van der Waals surface area contributed by atoms with Crippen molar-refractivity contribution in [1.29, 1.82) is 0 Å². The molecule has 0 aliphatic carbocycles. The Balaban J connectivity index is 1.21. The number of hydrogen-bond acceptors (Lipinski definition) is 7. The summed E-state index contributed by atoms with van der Waals surface area (Å²) in [5, 5.41) is 8.37. The highest BCUT2D eigenvalue weighted by atomic mass is 79.9. The molecule has 5 aromatic rings. The number of carbonyl (C=O) groups excluding carboxylic acids is 3. The van der Waals surface area contributed by atoms with E-state index in [1.165, 1.54) is 17.6 Å². The molecule has 222 valence electrons. The zero-order valence-electron chi connectivity index (χ0n) is 22.9. The summed E-state index contributed by atoms with van der Waals surface area (Å²) in [6.07, 6.45) is 1.44. The molecular formula is C32H22BrCl2N3O5S. The van der Waals surface area contributed by atoms with Gasteiger partial charge in [-0.25, -0.2) is 10.2 Å². The summed E-state index contributed by atoms with van der Waals surface area (Å²) in [6, 6.07) is 23.5. The van der Waals surface area contributed by atoms with Gasteiger partial charge in [-0.3, -0.25) is 9.59 Å². The first-order valence-electron chi connectivity index (χ1n) is 13.1. The molecule has 0 fully saturated rings. The van der Waals surface area contributed by atoms with Crippen LogP contribution in [0.15, 0.2) is 94.5 Å². The highest BCUT2D eigenvalue weighted by Gasteiger charge is 2.21. The SMILES string of the molecule is CCOc1cc(/C=N\NC(=O)c2ccc(NC(=O)c3ccc(Br)cc3)cc2)ccc1OC(=O)c1sc2cc(Cl)ccc2c1Cl. The van der Waals surface area contributed by atoms with Crippen LogP contribution in [0.5, 0.6) is 11.5 Å². The Labute approximate surface area is 274 Å². The third kappa shape index (κ3) is 7.46. The second kappa shape index (κ2) is 14.0. The van der Waals surface area contributed by atoms with Crippen molar-refractivity contribution in [2.75, 3.05) is 11.9 Å². The number of hydrogen-bond donors (Lipinski definition) is 2. The largest absolute Gasteiger partial charge is 0.490 e. The van der Waals surface area contributed by atoms with Crippen LogP contribution >= 0.6 is 50.5 Å². The monoisotopic (exact) mass is 709 g/mol. The number of benzene rings is 4. The van der Waals surface area contributed by atoms with Crippen LogP contribution in [0.3, 0.4) is 0 Å². The van der Waals surface area contributed by atoms with Crippen LogP contribution in [-0.4, -0.2) is 30.6 Å². The van der Waals surface area contributed by atoms with Gasteiger partial charge in [0.2, 0.25) is 0 Å². The van der Waals surface area contributed by atoms with Gasteiger partial charge in [0.25, 0.3) is 11.8 Å². The quantitative estimate of drug-likeness (QED) is 0.0690. The molecule has 0 bridgehead atoms. The molecular weight excluding hydrogens is 689 g/mol. The van der Waals surface area contributed by atoms with Gasteiger partial charge in [0.1, 0.15) is 4.88 Å². The molecule has 0 atom stereocenters. The molecule has 5 rings (SSSR count). The molecule has 0 saturated carbocycles. The number of nitrogens with one attached hydrogen (secondary N) is 2. The minimum absolute atomic E-state index is 0.205. The minimum Gasteiger partial charge on any atom is -0.490 e. The van der Waals surface area contributed by atoms with Crippen LogP contribution in [0.1, 0.15) is 42.9 Å². The third-order valence-corrected chi connectivity index (χ3v) is 8.54. The number of ether oxygens (including phenoxy) is 2. The number of anilines is 1. The van der Waals surface area contributed by atoms with E-state index in [0.29, 0.717) is 50.2 Å². The van der Waals surface area contributed by atoms with E-state index in [1.54, 1.807) is 91.9 Å². The topological polar surface area (TPSA) is 106 Å². The second-order valence-corrected chi connectivity index (χ2v) is 11.9. The molecule has 1 aromatic heterocycles. The van der Waals surface area contributed by atoms with Crippen LogP contribution in [-0.2, 0) is 0 Å². The smallest absolute Gasteiger partial charge is 0.355 e. The van der Waals surface area contributed by atoms with Gasteiger partial charge in [-0.1, -0.05) is 45.2 Å². The average molecular weight is 711 g/mol. The van der Waals surface area contributed by atoms with Gasteiger partial charge in [0.15, 0.2) is 11.5 Å². The number of amides is 2. The molecule has 44 heavy (non-hydrogen) atoms. The van der Waals surface area contributed by atoms with Crippen molar-refractivity contribution in [3.63, 3.8) is 0 Å². The molecule has 1 heterocycles. The number of nitrogens with zero attached hydrogens (tertiary/aromatic N) is 1. The number of rotatable bonds is 9. The standard InChI is InChI=1S/C32H22BrCl2N3O5S/c1-2-42-26-15-18(3-14-25(26)43-32(41)29-28(35)24-13-10-22(34)16-27(24)44-29)17-36-38-31(40)20-6-11-23(12-7-20)37-30(39)19-4-8-21(33)9-5-19/h3-17H,2H2,1H3,(H,37,39)(H,38,40)/b36-17-. The summed E-state index contributed by atoms with van der Waals surface area (Å²) >= 11 is 17.0. The summed E-state index contributed by atoms with van der Waals surface area (Å²) in [5.41, 5.74) is 4.46. The molecule has 0 radical (unpaired) electrons. The molecule has 2 N–H and O–H groups in total. The number of carbonyl (C=O) groups is 3. The van der Waals surface area contributed by atoms with Crippen LogP contribution in [0, 0.1) is 0 Å². The van der Waals surface area contributed by atoms with Crippen LogP contribution in [0.4, 0.5) is 5.69 Å². The van der Waals surface area contributed by atoms with Crippen molar-refractivity contribution in [1.82, 2.24) is 5.43 Å². The zero-order chi connectivity index (χ0) is 31.2. The summed E-state index contributed by atoms with van der Waals surface area (Å²) in [4.78, 5) is 38.2. The molecule has 0 aliphatic heterocycles. The first-order valence-corrected chi connectivity index (χ1v) is 15.5. The van der Waals surface area contributed by atoms with Gasteiger partial charge in [0, 0.05) is 36.4 Å². The second-order valence-electron chi connectivity index (χ2n) is 9.15. The fraction of sp³-hybridized carbons (Fsp3) is 0.0625. The van der Waals surface area contributed by atoms with Gasteiger partial charge in [-0.05, 0) is 91.3 Å². The number of hydrazone groups is 1. The molecule has 8 nitrogen and oxygen atoms in total. The Bertz CT molecular complexity index is 1890. The Morgan fingerprint density at radius 3 is 2.32 bits per heavy atom. The normalized spacial score (nSPS) is 11.0. The summed E-state index contributed by atoms with van der Waals surface area (Å²) in [7, 11) is 0. The maximum atomic E-state index is 13.0. The maximum absolute atomic E-state index is 13.0. The molecule has 12 heteroatoms. The van der Waals surface area contributed by atoms with Crippen molar-refractivity contribution in [3.8, 4) is 11.5 Å². The number of esters is 1. The Morgan fingerprint density at radius 1 is 0.886 bits per heavy atom. The lowest BCUT2D eigenvalue weighted by Crippen LogP contribution is -2.18. The predicted molar refractivity (Wildman–Crippen MR) is 178 cm³/mol. The Morgan fingerprint density at radius 2 is 1.59 bits per heavy atom. The van der Waals surface area contributed by atoms with Gasteiger partial charge >= 0.3 is 5.97 Å². The molecule has 0 saturated heterocycles. The molecule has 0 spiro atoms. The predicted octanol–water partition coefficient (Wildman–Crippen LogP) is 8.60. The lowest BCUT2D eigenvalue weighted by Gasteiger charge is -2.11. The minimum atomic E-state index is -0.624. The first-order chi connectivity index (χ1) is 21.2. The molecule has 0 unspecified atom stereocenters. The lowest BCUT2D eigenvalue weighted by molar-refractivity contribution is 0.0733. The van der Waals surface area contributed by atoms with Crippen molar-refractivity contribution >= 4 is 90.2 Å². The van der Waals surface area contributed by atoms with E-state index >= 15 is 0 Å². The van der Waals surface area contributed by atoms with Crippen molar-refractivity contribution in [2.45, 2.75) is 6.92 Å². The van der Waals surface area contributed by atoms with Crippen LogP contribution in [0.25, 0.3) is 10.1 Å². The molecule has 2 amide bonds. The highest BCUT2D eigenvalue weighted by Crippen LogP contribution is 2.38. The fourth-order valence-electron chi connectivity index (χ4n) is 4.01. The average Bonchev–Trinajstić information content (AvgIpc) is 3.34. The highest BCUT2D eigenvalue weighted by molar-refractivity contribution is 9.10. The van der Waals surface area contributed by atoms with Gasteiger partial charge in [-0.2, -0.15) is 5.10 Å². The summed E-state index contributed by atoms with van der Waals surface area (Å²) in [5.74, 6) is -0.806. The van der Waals surface area contributed by atoms with E-state index in [9.17, 15) is 14.4 Å². The fourth-order valence-corrected chi connectivity index (χ4v) is 5.94. The molecule has 0 aliphatic rings. The van der Waals surface area contributed by atoms with E-state index < -0.39 is 11.9 Å². The van der Waals surface area contributed by atoms with Crippen molar-refractivity contribution in [3.05, 3.63) is 121 Å². The van der Waals surface area contributed by atoms with Gasteiger partial charge in [0.05, 0.1) is 17.8 Å². The van der Waals surface area contributed by atoms with Crippen molar-refractivity contribution < 1.29 is 23.9 Å². The van der Waals surface area contributed by atoms with Crippen LogP contribution < -0.4 is 20.2 Å². The Kier molecular flexibility index (Phi) is 9.96. The number of fused-ring (bicyclic) bond motifs is 1. The van der Waals surface area contributed by atoms with E-state index in [-0.39, 0.29) is 16.5 Å². The van der Waals surface area contributed by atoms with Crippen molar-refractivity contribution in [2.24, 2.45) is 5.10 Å². The van der Waals surface area contributed by atoms with E-state index in [4.69, 9.17) is 32.7 Å². The summed E-state index contributed by atoms with van der Waals surface area (Å²) in [6.45, 7) is 2.13. The molecule has 4 aromatic carbocycles. The number of halogens is 3. The van der Waals surface area contributed by atoms with Crippen LogP contribution in [0.2, 0.25) is 10.0 Å². The zero-order valence-corrected chi connectivity index (χ0v) is 26.8. The maximum Gasteiger partial charge on any atom is 0.355 e. The Hall–Kier alpha value is -4.22. The summed E-state index contributed by atoms with van der Waals surface area (Å²) < 4.78 is 13.0. The van der Waals surface area contributed by atoms with Gasteiger partial charge in [-0.15, -0.1) is 11.3 Å². The van der Waals surface area contributed by atoms with Gasteiger partial charge < -0.3 is 14.8 Å².